The van der Waals surface area contributed by atoms with E-state index in [0.29, 0.717) is 12.1 Å². The second-order valence-electron chi connectivity index (χ2n) is 5.50. The van der Waals surface area contributed by atoms with E-state index < -0.39 is 6.09 Å². The maximum Gasteiger partial charge on any atom is 0.433 e. The van der Waals surface area contributed by atoms with Crippen molar-refractivity contribution in [1.82, 2.24) is 10.2 Å². The largest absolute Gasteiger partial charge is 0.433 e. The van der Waals surface area contributed by atoms with Crippen LogP contribution in [0.4, 0.5) is 4.79 Å². The lowest BCUT2D eigenvalue weighted by Gasteiger charge is -2.25. The van der Waals surface area contributed by atoms with Crippen LogP contribution in [-0.2, 0) is 4.84 Å². The van der Waals surface area contributed by atoms with Crippen LogP contribution < -0.4 is 5.32 Å². The molecule has 0 spiro atoms. The van der Waals surface area contributed by atoms with E-state index in [1.165, 1.54) is 13.5 Å². The standard InChI is InChI=1S/C12H18N4O2S/c1-12(2)9(15-18-11(17)13-3)16-8-6-4-5-7(8)14-10(16)19-12/h7-8H,4-6H2,1-3H3,(H,13,17). The molecule has 7 heteroatoms. The summed E-state index contributed by atoms with van der Waals surface area (Å²) in [6.45, 7) is 4.16. The SMILES string of the molecule is CNC(=O)ON=C1N2C(=NC3CCCC32)SC1(C)C. The van der Waals surface area contributed by atoms with Crippen molar-refractivity contribution in [3.8, 4) is 0 Å². The van der Waals surface area contributed by atoms with Crippen LogP contribution in [0.5, 0.6) is 0 Å². The molecule has 0 radical (unpaired) electrons. The zero-order chi connectivity index (χ0) is 13.6. The van der Waals surface area contributed by atoms with Crippen LogP contribution in [0.15, 0.2) is 10.1 Å². The molecule has 0 aromatic heterocycles. The summed E-state index contributed by atoms with van der Waals surface area (Å²) >= 11 is 1.70. The number of fused-ring (bicyclic) bond motifs is 3. The molecular formula is C12H18N4O2S. The summed E-state index contributed by atoms with van der Waals surface area (Å²) in [5.41, 5.74) is 0. The third kappa shape index (κ3) is 2.00. The quantitative estimate of drug-likeness (QED) is 0.588. The number of rotatable bonds is 1. The average molecular weight is 282 g/mol. The summed E-state index contributed by atoms with van der Waals surface area (Å²) < 4.78 is -0.208. The molecule has 1 amide bonds. The highest BCUT2D eigenvalue weighted by molar-refractivity contribution is 8.16. The highest BCUT2D eigenvalue weighted by atomic mass is 32.2. The summed E-state index contributed by atoms with van der Waals surface area (Å²) in [6, 6.07) is 0.792. The molecule has 104 valence electrons. The van der Waals surface area contributed by atoms with Crippen LogP contribution in [-0.4, -0.2) is 45.9 Å². The molecule has 1 saturated heterocycles. The predicted molar refractivity (Wildman–Crippen MR) is 75.3 cm³/mol. The third-order valence-electron chi connectivity index (χ3n) is 3.79. The first-order chi connectivity index (χ1) is 9.03. The minimum Gasteiger partial charge on any atom is -0.323 e. The topological polar surface area (TPSA) is 66.3 Å². The van der Waals surface area contributed by atoms with Crippen molar-refractivity contribution in [2.45, 2.75) is 49.9 Å². The van der Waals surface area contributed by atoms with Crippen LogP contribution in [0.2, 0.25) is 0 Å². The smallest absolute Gasteiger partial charge is 0.323 e. The lowest BCUT2D eigenvalue weighted by atomic mass is 10.1. The van der Waals surface area contributed by atoms with Gasteiger partial charge in [-0.2, -0.15) is 0 Å². The van der Waals surface area contributed by atoms with Crippen molar-refractivity contribution in [2.75, 3.05) is 7.05 Å². The Morgan fingerprint density at radius 2 is 2.37 bits per heavy atom. The molecule has 2 atom stereocenters. The van der Waals surface area contributed by atoms with Crippen LogP contribution >= 0.6 is 11.8 Å². The number of amidine groups is 2. The van der Waals surface area contributed by atoms with Gasteiger partial charge in [0.1, 0.15) is 0 Å². The Hall–Kier alpha value is -1.24. The van der Waals surface area contributed by atoms with Gasteiger partial charge < -0.3 is 10.2 Å². The molecule has 19 heavy (non-hydrogen) atoms. The third-order valence-corrected chi connectivity index (χ3v) is 4.97. The van der Waals surface area contributed by atoms with Gasteiger partial charge in [-0.05, 0) is 33.1 Å². The second-order valence-corrected chi connectivity index (χ2v) is 7.09. The lowest BCUT2D eigenvalue weighted by molar-refractivity contribution is 0.150. The minimum absolute atomic E-state index is 0.208. The number of aliphatic imine (C=N–C) groups is 1. The Kier molecular flexibility index (Phi) is 2.96. The molecule has 2 unspecified atom stereocenters. The van der Waals surface area contributed by atoms with E-state index in [0.717, 1.165) is 23.8 Å². The Morgan fingerprint density at radius 3 is 3.11 bits per heavy atom. The van der Waals surface area contributed by atoms with E-state index in [1.54, 1.807) is 11.8 Å². The van der Waals surface area contributed by atoms with Crippen LogP contribution in [0.1, 0.15) is 33.1 Å². The minimum atomic E-state index is -0.541. The van der Waals surface area contributed by atoms with Crippen molar-refractivity contribution in [1.29, 1.82) is 0 Å². The van der Waals surface area contributed by atoms with Gasteiger partial charge in [-0.1, -0.05) is 16.9 Å². The van der Waals surface area contributed by atoms with Crippen molar-refractivity contribution in [3.05, 3.63) is 0 Å². The molecule has 3 aliphatic rings. The summed E-state index contributed by atoms with van der Waals surface area (Å²) in [5.74, 6) is 0.800. The van der Waals surface area contributed by atoms with Crippen LogP contribution in [0.25, 0.3) is 0 Å². The number of nitrogens with zero attached hydrogens (tertiary/aromatic N) is 3. The van der Waals surface area contributed by atoms with E-state index in [-0.39, 0.29) is 4.75 Å². The number of carbonyl (C=O) groups excluding carboxylic acids is 1. The first-order valence-electron chi connectivity index (χ1n) is 6.56. The van der Waals surface area contributed by atoms with Gasteiger partial charge in [-0.25, -0.2) is 4.79 Å². The summed E-state index contributed by atoms with van der Waals surface area (Å²) in [5, 5.41) is 7.50. The van der Waals surface area contributed by atoms with Crippen molar-refractivity contribution in [3.63, 3.8) is 0 Å². The van der Waals surface area contributed by atoms with Crippen molar-refractivity contribution >= 4 is 28.9 Å². The van der Waals surface area contributed by atoms with Crippen LogP contribution in [0.3, 0.4) is 0 Å². The molecule has 0 aromatic carbocycles. The Morgan fingerprint density at radius 1 is 1.58 bits per heavy atom. The molecule has 2 fully saturated rings. The van der Waals surface area contributed by atoms with Gasteiger partial charge in [-0.15, -0.1) is 0 Å². The van der Waals surface area contributed by atoms with Gasteiger partial charge in [0.2, 0.25) is 0 Å². The van der Waals surface area contributed by atoms with E-state index in [1.807, 2.05) is 0 Å². The number of nitrogens with one attached hydrogen (secondary N) is 1. The molecular weight excluding hydrogens is 264 g/mol. The average Bonchev–Trinajstić information content (AvgIpc) is 2.96. The normalized spacial score (nSPS) is 33.1. The molecule has 2 heterocycles. The highest BCUT2D eigenvalue weighted by Crippen LogP contribution is 2.46. The Bertz CT molecular complexity index is 474. The van der Waals surface area contributed by atoms with Gasteiger partial charge in [0.15, 0.2) is 11.0 Å². The molecule has 1 N–H and O–H groups in total. The van der Waals surface area contributed by atoms with Crippen LogP contribution in [0, 0.1) is 0 Å². The predicted octanol–water partition coefficient (Wildman–Crippen LogP) is 1.77. The Balaban J connectivity index is 1.88. The maximum atomic E-state index is 11.2. The number of oxime groups is 1. The number of hydrogen-bond acceptors (Lipinski definition) is 5. The van der Waals surface area contributed by atoms with E-state index in [9.17, 15) is 4.79 Å². The number of amides is 1. The summed E-state index contributed by atoms with van der Waals surface area (Å²) in [6.07, 6.45) is 2.95. The molecule has 1 aliphatic carbocycles. The number of hydrogen-bond donors (Lipinski definition) is 1. The number of thioether (sulfide) groups is 1. The fourth-order valence-corrected chi connectivity index (χ4v) is 4.08. The van der Waals surface area contributed by atoms with E-state index >= 15 is 0 Å². The molecule has 3 rings (SSSR count). The molecule has 0 aromatic rings. The first-order valence-corrected chi connectivity index (χ1v) is 7.38. The van der Waals surface area contributed by atoms with Gasteiger partial charge in [0.25, 0.3) is 0 Å². The van der Waals surface area contributed by atoms with E-state index in [2.05, 4.69) is 29.2 Å². The van der Waals surface area contributed by atoms with E-state index in [4.69, 9.17) is 9.83 Å². The zero-order valence-electron chi connectivity index (χ0n) is 11.3. The molecule has 2 aliphatic heterocycles. The summed E-state index contributed by atoms with van der Waals surface area (Å²) in [7, 11) is 1.52. The zero-order valence-corrected chi connectivity index (χ0v) is 12.2. The van der Waals surface area contributed by atoms with Gasteiger partial charge >= 0.3 is 6.09 Å². The maximum absolute atomic E-state index is 11.2. The van der Waals surface area contributed by atoms with Gasteiger partial charge in [0.05, 0.1) is 16.8 Å². The molecule has 0 bridgehead atoms. The first kappa shape index (κ1) is 12.8. The van der Waals surface area contributed by atoms with Gasteiger partial charge in [0, 0.05) is 7.05 Å². The fourth-order valence-electron chi connectivity index (χ4n) is 2.89. The number of carbonyl (C=O) groups is 1. The Labute approximate surface area is 116 Å². The van der Waals surface area contributed by atoms with Crippen molar-refractivity contribution < 1.29 is 9.63 Å². The van der Waals surface area contributed by atoms with Gasteiger partial charge in [-0.3, -0.25) is 9.83 Å². The molecule has 6 nitrogen and oxygen atoms in total. The fraction of sp³-hybridized carbons (Fsp3) is 0.750. The lowest BCUT2D eigenvalue weighted by Crippen LogP contribution is -2.42. The monoisotopic (exact) mass is 282 g/mol. The molecule has 1 saturated carbocycles. The highest BCUT2D eigenvalue weighted by Gasteiger charge is 2.52. The summed E-state index contributed by atoms with van der Waals surface area (Å²) in [4.78, 5) is 23.0. The van der Waals surface area contributed by atoms with Crippen molar-refractivity contribution in [2.24, 2.45) is 10.1 Å². The second kappa shape index (κ2) is 4.40.